The Morgan fingerprint density at radius 3 is 2.36 bits per heavy atom. The van der Waals surface area contributed by atoms with Crippen LogP contribution in [0.25, 0.3) is 0 Å². The minimum atomic E-state index is -0.128. The molecule has 2 aromatic carbocycles. The molecular formula is C21H28N4O3. The van der Waals surface area contributed by atoms with Gasteiger partial charge in [-0.3, -0.25) is 4.79 Å². The lowest BCUT2D eigenvalue weighted by Crippen LogP contribution is -2.47. The molecule has 3 N–H and O–H groups in total. The molecular weight excluding hydrogens is 356 g/mol. The van der Waals surface area contributed by atoms with Crippen LogP contribution in [0.15, 0.2) is 42.5 Å². The van der Waals surface area contributed by atoms with Crippen molar-refractivity contribution in [1.29, 1.82) is 0 Å². The monoisotopic (exact) mass is 384 g/mol. The van der Waals surface area contributed by atoms with Gasteiger partial charge in [0.15, 0.2) is 0 Å². The van der Waals surface area contributed by atoms with Gasteiger partial charge in [-0.15, -0.1) is 0 Å². The largest absolute Gasteiger partial charge is 0.497 e. The number of hydrogen-bond acceptors (Lipinski definition) is 6. The molecule has 1 aliphatic heterocycles. The summed E-state index contributed by atoms with van der Waals surface area (Å²) in [6.07, 6.45) is 0. The number of nitrogens with one attached hydrogen (secondary N) is 1. The number of nitrogen functional groups attached to an aromatic ring is 1. The van der Waals surface area contributed by atoms with Gasteiger partial charge < -0.3 is 30.3 Å². The molecule has 0 bridgehead atoms. The van der Waals surface area contributed by atoms with E-state index in [0.717, 1.165) is 37.6 Å². The zero-order valence-electron chi connectivity index (χ0n) is 16.5. The van der Waals surface area contributed by atoms with E-state index in [2.05, 4.69) is 27.2 Å². The second-order valence-corrected chi connectivity index (χ2v) is 6.70. The normalized spacial score (nSPS) is 14.1. The molecule has 2 aromatic rings. The lowest BCUT2D eigenvalue weighted by atomic mass is 10.1. The smallest absolute Gasteiger partial charge is 0.253 e. The highest BCUT2D eigenvalue weighted by Gasteiger charge is 2.22. The van der Waals surface area contributed by atoms with Crippen molar-refractivity contribution >= 4 is 23.0 Å². The van der Waals surface area contributed by atoms with Gasteiger partial charge in [0.2, 0.25) is 0 Å². The molecule has 1 heterocycles. The highest BCUT2D eigenvalue weighted by molar-refractivity contribution is 6.00. The first-order valence-corrected chi connectivity index (χ1v) is 9.43. The van der Waals surface area contributed by atoms with Crippen LogP contribution in [-0.4, -0.2) is 59.5 Å². The number of piperazine rings is 1. The predicted octanol–water partition coefficient (Wildman–Crippen LogP) is 1.98. The number of carbonyl (C=O) groups excluding carboxylic acids is 1. The van der Waals surface area contributed by atoms with Crippen molar-refractivity contribution < 1.29 is 14.3 Å². The molecule has 1 fully saturated rings. The highest BCUT2D eigenvalue weighted by Crippen LogP contribution is 2.26. The van der Waals surface area contributed by atoms with E-state index in [9.17, 15) is 4.79 Å². The first kappa shape index (κ1) is 19.8. The van der Waals surface area contributed by atoms with Crippen LogP contribution in [0.4, 0.5) is 17.1 Å². The molecule has 150 valence electrons. The van der Waals surface area contributed by atoms with Crippen LogP contribution in [0.1, 0.15) is 10.4 Å². The standard InChI is InChI=1S/C21H28N4O3/c1-27-14-9-23-21(26)19-15-16(22)3-8-20(19)25-12-10-24(11-13-25)17-4-6-18(28-2)7-5-17/h3-8,15H,9-14,22H2,1-2H3,(H,23,26). The average molecular weight is 384 g/mol. The lowest BCUT2D eigenvalue weighted by Gasteiger charge is -2.38. The number of amides is 1. The van der Waals surface area contributed by atoms with Crippen molar-refractivity contribution in [2.45, 2.75) is 0 Å². The van der Waals surface area contributed by atoms with Gasteiger partial charge in [0.25, 0.3) is 5.91 Å². The van der Waals surface area contributed by atoms with E-state index >= 15 is 0 Å². The van der Waals surface area contributed by atoms with Crippen molar-refractivity contribution in [2.75, 3.05) is 69.1 Å². The van der Waals surface area contributed by atoms with Crippen molar-refractivity contribution in [3.63, 3.8) is 0 Å². The second kappa shape index (κ2) is 9.32. The maximum Gasteiger partial charge on any atom is 0.253 e. The zero-order valence-corrected chi connectivity index (χ0v) is 16.5. The molecule has 7 heteroatoms. The molecule has 0 unspecified atom stereocenters. The van der Waals surface area contributed by atoms with Crippen LogP contribution in [0.5, 0.6) is 5.75 Å². The second-order valence-electron chi connectivity index (χ2n) is 6.70. The van der Waals surface area contributed by atoms with Gasteiger partial charge in [0.1, 0.15) is 5.75 Å². The van der Waals surface area contributed by atoms with E-state index in [1.165, 1.54) is 5.69 Å². The predicted molar refractivity (Wildman–Crippen MR) is 112 cm³/mol. The number of ether oxygens (including phenoxy) is 2. The van der Waals surface area contributed by atoms with E-state index in [0.29, 0.717) is 24.4 Å². The number of hydrogen-bond donors (Lipinski definition) is 2. The zero-order chi connectivity index (χ0) is 19.9. The summed E-state index contributed by atoms with van der Waals surface area (Å²) in [6, 6.07) is 13.6. The average Bonchev–Trinajstić information content (AvgIpc) is 2.74. The Morgan fingerprint density at radius 1 is 1.04 bits per heavy atom. The molecule has 0 atom stereocenters. The SMILES string of the molecule is COCCNC(=O)c1cc(N)ccc1N1CCN(c2ccc(OC)cc2)CC1. The molecule has 1 amide bonds. The molecule has 1 saturated heterocycles. The summed E-state index contributed by atoms with van der Waals surface area (Å²) in [5.74, 6) is 0.727. The number of nitrogens with two attached hydrogens (primary N) is 1. The minimum absolute atomic E-state index is 0.128. The molecule has 28 heavy (non-hydrogen) atoms. The summed E-state index contributed by atoms with van der Waals surface area (Å²) in [6.45, 7) is 4.35. The van der Waals surface area contributed by atoms with Gasteiger partial charge in [0.05, 0.1) is 19.3 Å². The van der Waals surface area contributed by atoms with E-state index in [-0.39, 0.29) is 5.91 Å². The Morgan fingerprint density at radius 2 is 1.71 bits per heavy atom. The number of nitrogens with zero attached hydrogens (tertiary/aromatic N) is 2. The summed E-state index contributed by atoms with van der Waals surface area (Å²) < 4.78 is 10.2. The maximum atomic E-state index is 12.6. The van der Waals surface area contributed by atoms with Crippen LogP contribution < -0.4 is 25.6 Å². The Balaban J connectivity index is 1.68. The Bertz CT molecular complexity index is 787. The van der Waals surface area contributed by atoms with E-state index in [1.807, 2.05) is 24.3 Å². The third kappa shape index (κ3) is 4.67. The van der Waals surface area contributed by atoms with Crippen LogP contribution in [-0.2, 0) is 4.74 Å². The number of benzene rings is 2. The van der Waals surface area contributed by atoms with Gasteiger partial charge in [-0.2, -0.15) is 0 Å². The van der Waals surface area contributed by atoms with Crippen molar-refractivity contribution in [2.24, 2.45) is 0 Å². The number of carbonyl (C=O) groups is 1. The summed E-state index contributed by atoms with van der Waals surface area (Å²) in [5.41, 5.74) is 9.21. The molecule has 0 spiro atoms. The first-order valence-electron chi connectivity index (χ1n) is 9.43. The third-order valence-electron chi connectivity index (χ3n) is 4.91. The van der Waals surface area contributed by atoms with Crippen LogP contribution in [0.2, 0.25) is 0 Å². The van der Waals surface area contributed by atoms with Crippen LogP contribution in [0, 0.1) is 0 Å². The van der Waals surface area contributed by atoms with Gasteiger partial charge in [-0.05, 0) is 42.5 Å². The fraction of sp³-hybridized carbons (Fsp3) is 0.381. The van der Waals surface area contributed by atoms with Gasteiger partial charge in [-0.25, -0.2) is 0 Å². The van der Waals surface area contributed by atoms with E-state index < -0.39 is 0 Å². The Kier molecular flexibility index (Phi) is 6.60. The van der Waals surface area contributed by atoms with Crippen molar-refractivity contribution in [3.8, 4) is 5.75 Å². The lowest BCUT2D eigenvalue weighted by molar-refractivity contribution is 0.0937. The molecule has 0 aliphatic carbocycles. The maximum absolute atomic E-state index is 12.6. The number of methoxy groups -OCH3 is 2. The Labute approximate surface area is 166 Å². The summed E-state index contributed by atoms with van der Waals surface area (Å²) in [4.78, 5) is 17.2. The summed E-state index contributed by atoms with van der Waals surface area (Å²) >= 11 is 0. The summed E-state index contributed by atoms with van der Waals surface area (Å²) in [7, 11) is 3.28. The molecule has 7 nitrogen and oxygen atoms in total. The number of rotatable bonds is 7. The van der Waals surface area contributed by atoms with E-state index in [1.54, 1.807) is 20.3 Å². The Hall–Kier alpha value is -2.93. The van der Waals surface area contributed by atoms with Gasteiger partial charge >= 0.3 is 0 Å². The van der Waals surface area contributed by atoms with E-state index in [4.69, 9.17) is 15.2 Å². The molecule has 1 aliphatic rings. The fourth-order valence-corrected chi connectivity index (χ4v) is 3.37. The third-order valence-corrected chi connectivity index (χ3v) is 4.91. The highest BCUT2D eigenvalue weighted by atomic mass is 16.5. The first-order chi connectivity index (χ1) is 13.6. The van der Waals surface area contributed by atoms with Crippen molar-refractivity contribution in [3.05, 3.63) is 48.0 Å². The minimum Gasteiger partial charge on any atom is -0.497 e. The molecule has 0 saturated carbocycles. The fourth-order valence-electron chi connectivity index (χ4n) is 3.37. The van der Waals surface area contributed by atoms with Gasteiger partial charge in [0, 0.05) is 56.9 Å². The van der Waals surface area contributed by atoms with Gasteiger partial charge in [-0.1, -0.05) is 0 Å². The topological polar surface area (TPSA) is 80.1 Å². The quantitative estimate of drug-likeness (QED) is 0.561. The molecule has 0 radical (unpaired) electrons. The molecule has 3 rings (SSSR count). The van der Waals surface area contributed by atoms with Crippen molar-refractivity contribution in [1.82, 2.24) is 5.32 Å². The van der Waals surface area contributed by atoms with Crippen LogP contribution in [0.3, 0.4) is 0 Å². The summed E-state index contributed by atoms with van der Waals surface area (Å²) in [5, 5.41) is 2.88. The van der Waals surface area contributed by atoms with Crippen LogP contribution >= 0.6 is 0 Å². The number of anilines is 3. The molecule has 0 aromatic heterocycles.